The maximum absolute atomic E-state index is 11.0. The van der Waals surface area contributed by atoms with Crippen molar-refractivity contribution >= 4 is 11.3 Å². The molecule has 0 amide bonds. The monoisotopic (exact) mass is 278 g/mol. The van der Waals surface area contributed by atoms with Crippen LogP contribution in [0.1, 0.15) is 25.3 Å². The Labute approximate surface area is 116 Å². The Balaban J connectivity index is 1.92. The Bertz CT molecular complexity index is 556. The van der Waals surface area contributed by atoms with Crippen LogP contribution >= 0.6 is 11.3 Å². The van der Waals surface area contributed by atoms with Crippen molar-refractivity contribution in [2.45, 2.75) is 32.7 Å². The van der Waals surface area contributed by atoms with Gasteiger partial charge in [-0.15, -0.1) is 10.2 Å². The topological polar surface area (TPSA) is 70.7 Å². The fourth-order valence-corrected chi connectivity index (χ4v) is 2.52. The number of rotatable bonds is 6. The van der Waals surface area contributed by atoms with Gasteiger partial charge in [-0.3, -0.25) is 4.79 Å². The zero-order valence-electron chi connectivity index (χ0n) is 11.1. The second-order valence-electron chi connectivity index (χ2n) is 4.65. The van der Waals surface area contributed by atoms with Crippen LogP contribution in [-0.4, -0.2) is 27.8 Å². The fraction of sp³-hybridized carbons (Fsp3) is 0.462. The number of aryl methyl sites for hydroxylation is 1. The van der Waals surface area contributed by atoms with E-state index in [0.717, 1.165) is 35.0 Å². The van der Waals surface area contributed by atoms with Crippen molar-refractivity contribution < 1.29 is 0 Å². The van der Waals surface area contributed by atoms with Crippen LogP contribution in [0.4, 0.5) is 0 Å². The van der Waals surface area contributed by atoms with E-state index in [1.54, 1.807) is 23.6 Å². The third-order valence-corrected chi connectivity index (χ3v) is 3.65. The Morgan fingerprint density at radius 3 is 2.89 bits per heavy atom. The zero-order valence-corrected chi connectivity index (χ0v) is 12.0. The fourth-order valence-electron chi connectivity index (χ4n) is 1.65. The van der Waals surface area contributed by atoms with E-state index in [2.05, 4.69) is 34.3 Å². The number of nitrogens with one attached hydrogen (secondary N) is 2. The Hall–Kier alpha value is -1.53. The Morgan fingerprint density at radius 2 is 2.21 bits per heavy atom. The van der Waals surface area contributed by atoms with Crippen molar-refractivity contribution in [3.8, 4) is 10.6 Å². The first-order chi connectivity index (χ1) is 9.15. The van der Waals surface area contributed by atoms with Gasteiger partial charge < -0.3 is 10.3 Å². The minimum absolute atomic E-state index is 0.103. The largest absolute Gasteiger partial charge is 0.328 e. The molecule has 19 heavy (non-hydrogen) atoms. The van der Waals surface area contributed by atoms with Gasteiger partial charge in [0.2, 0.25) is 5.56 Å². The third kappa shape index (κ3) is 4.25. The maximum atomic E-state index is 11.0. The van der Waals surface area contributed by atoms with Crippen molar-refractivity contribution in [2.75, 3.05) is 6.54 Å². The maximum Gasteiger partial charge on any atom is 0.247 e. The van der Waals surface area contributed by atoms with Crippen LogP contribution < -0.4 is 10.9 Å². The summed E-state index contributed by atoms with van der Waals surface area (Å²) in [6.07, 6.45) is 3.66. The smallest absolute Gasteiger partial charge is 0.247 e. The van der Waals surface area contributed by atoms with Gasteiger partial charge in [0.15, 0.2) is 0 Å². The standard InChI is InChI=1S/C13H18N4OS/c1-9(2)14-7-3-4-12-16-17-13(19-12)10-5-6-11(18)15-8-10/h5-6,8-9,14H,3-4,7H2,1-2H3,(H,15,18). The lowest BCUT2D eigenvalue weighted by Gasteiger charge is -2.05. The van der Waals surface area contributed by atoms with Crippen molar-refractivity contribution in [1.82, 2.24) is 20.5 Å². The number of hydrogen-bond acceptors (Lipinski definition) is 5. The van der Waals surface area contributed by atoms with E-state index in [0.29, 0.717) is 6.04 Å². The first kappa shape index (κ1) is 13.9. The number of aromatic nitrogens is 3. The number of pyridine rings is 1. The van der Waals surface area contributed by atoms with E-state index >= 15 is 0 Å². The van der Waals surface area contributed by atoms with E-state index in [-0.39, 0.29) is 5.56 Å². The van der Waals surface area contributed by atoms with E-state index in [4.69, 9.17) is 0 Å². The summed E-state index contributed by atoms with van der Waals surface area (Å²) < 4.78 is 0. The Morgan fingerprint density at radius 1 is 1.37 bits per heavy atom. The zero-order chi connectivity index (χ0) is 13.7. The highest BCUT2D eigenvalue weighted by molar-refractivity contribution is 7.14. The molecular weight excluding hydrogens is 260 g/mol. The molecular formula is C13H18N4OS. The van der Waals surface area contributed by atoms with Gasteiger partial charge in [0, 0.05) is 30.3 Å². The molecule has 0 aliphatic rings. The molecule has 102 valence electrons. The van der Waals surface area contributed by atoms with Gasteiger partial charge >= 0.3 is 0 Å². The molecule has 2 rings (SSSR count). The summed E-state index contributed by atoms with van der Waals surface area (Å²) in [6.45, 7) is 5.27. The molecule has 0 fully saturated rings. The number of aromatic amines is 1. The molecule has 0 aromatic carbocycles. The van der Waals surface area contributed by atoms with Gasteiger partial charge in [-0.05, 0) is 19.0 Å². The van der Waals surface area contributed by atoms with Crippen LogP contribution in [0.15, 0.2) is 23.1 Å². The summed E-state index contributed by atoms with van der Waals surface area (Å²) in [7, 11) is 0. The molecule has 6 heteroatoms. The summed E-state index contributed by atoms with van der Waals surface area (Å²) in [4.78, 5) is 13.6. The first-order valence-corrected chi connectivity index (χ1v) is 7.21. The Kier molecular flexibility index (Phi) is 4.81. The van der Waals surface area contributed by atoms with Crippen molar-refractivity contribution in [1.29, 1.82) is 0 Å². The molecule has 2 aromatic rings. The summed E-state index contributed by atoms with van der Waals surface area (Å²) in [5.74, 6) is 0. The lowest BCUT2D eigenvalue weighted by atomic mass is 10.3. The quantitative estimate of drug-likeness (QED) is 0.791. The van der Waals surface area contributed by atoms with Crippen LogP contribution in [-0.2, 0) is 6.42 Å². The summed E-state index contributed by atoms with van der Waals surface area (Å²) in [6, 6.07) is 3.79. The molecule has 0 aliphatic carbocycles. The molecule has 0 bridgehead atoms. The number of nitrogens with zero attached hydrogens (tertiary/aromatic N) is 2. The molecule has 0 saturated heterocycles. The van der Waals surface area contributed by atoms with E-state index in [9.17, 15) is 4.79 Å². The van der Waals surface area contributed by atoms with Gasteiger partial charge in [0.25, 0.3) is 0 Å². The molecule has 2 aromatic heterocycles. The molecule has 0 aliphatic heterocycles. The normalized spacial score (nSPS) is 11.1. The molecule has 0 unspecified atom stereocenters. The summed E-state index contributed by atoms with van der Waals surface area (Å²) >= 11 is 1.58. The molecule has 0 saturated carbocycles. The predicted octanol–water partition coefficient (Wildman–Crippen LogP) is 1.82. The average Bonchev–Trinajstić information content (AvgIpc) is 2.84. The summed E-state index contributed by atoms with van der Waals surface area (Å²) in [5.41, 5.74) is 0.803. The second kappa shape index (κ2) is 6.58. The van der Waals surface area contributed by atoms with Crippen LogP contribution in [0.3, 0.4) is 0 Å². The SMILES string of the molecule is CC(C)NCCCc1nnc(-c2ccc(=O)[nH]c2)s1. The van der Waals surface area contributed by atoms with Gasteiger partial charge in [-0.1, -0.05) is 25.2 Å². The van der Waals surface area contributed by atoms with Crippen LogP contribution in [0.5, 0.6) is 0 Å². The van der Waals surface area contributed by atoms with Crippen LogP contribution in [0.25, 0.3) is 10.6 Å². The lowest BCUT2D eigenvalue weighted by molar-refractivity contribution is 0.569. The molecule has 0 spiro atoms. The van der Waals surface area contributed by atoms with E-state index in [1.807, 2.05) is 0 Å². The molecule has 0 radical (unpaired) electrons. The van der Waals surface area contributed by atoms with Crippen LogP contribution in [0.2, 0.25) is 0 Å². The number of hydrogen-bond donors (Lipinski definition) is 2. The van der Waals surface area contributed by atoms with Crippen molar-refractivity contribution in [3.63, 3.8) is 0 Å². The van der Waals surface area contributed by atoms with Gasteiger partial charge in [-0.2, -0.15) is 0 Å². The molecule has 5 nitrogen and oxygen atoms in total. The van der Waals surface area contributed by atoms with E-state index < -0.39 is 0 Å². The highest BCUT2D eigenvalue weighted by atomic mass is 32.1. The first-order valence-electron chi connectivity index (χ1n) is 6.40. The average molecular weight is 278 g/mol. The van der Waals surface area contributed by atoms with Crippen molar-refractivity contribution in [2.24, 2.45) is 0 Å². The third-order valence-electron chi connectivity index (χ3n) is 2.62. The summed E-state index contributed by atoms with van der Waals surface area (Å²) in [5, 5.41) is 13.6. The second-order valence-corrected chi connectivity index (χ2v) is 5.72. The molecule has 2 heterocycles. The molecule has 2 N–H and O–H groups in total. The van der Waals surface area contributed by atoms with Gasteiger partial charge in [-0.25, -0.2) is 0 Å². The molecule has 0 atom stereocenters. The highest BCUT2D eigenvalue weighted by Gasteiger charge is 2.06. The van der Waals surface area contributed by atoms with Gasteiger partial charge in [0.1, 0.15) is 10.0 Å². The minimum atomic E-state index is -0.103. The van der Waals surface area contributed by atoms with Crippen LogP contribution in [0, 0.1) is 0 Å². The number of H-pyrrole nitrogens is 1. The van der Waals surface area contributed by atoms with Crippen molar-refractivity contribution in [3.05, 3.63) is 33.7 Å². The predicted molar refractivity (Wildman–Crippen MR) is 77.4 cm³/mol. The lowest BCUT2D eigenvalue weighted by Crippen LogP contribution is -2.23. The van der Waals surface area contributed by atoms with E-state index in [1.165, 1.54) is 6.07 Å². The minimum Gasteiger partial charge on any atom is -0.328 e. The van der Waals surface area contributed by atoms with Gasteiger partial charge in [0.05, 0.1) is 0 Å². The highest BCUT2D eigenvalue weighted by Crippen LogP contribution is 2.22.